The van der Waals surface area contributed by atoms with Crippen molar-refractivity contribution in [2.24, 2.45) is 0 Å². The van der Waals surface area contributed by atoms with Gasteiger partial charge in [0.2, 0.25) is 0 Å². The van der Waals surface area contributed by atoms with Gasteiger partial charge in [0, 0.05) is 23.0 Å². The van der Waals surface area contributed by atoms with Crippen molar-refractivity contribution < 1.29 is 22.7 Å². The van der Waals surface area contributed by atoms with Gasteiger partial charge in [-0.3, -0.25) is 4.79 Å². The number of hydrogen-bond donors (Lipinski definition) is 2. The maximum atomic E-state index is 13.9. The van der Waals surface area contributed by atoms with E-state index >= 15 is 0 Å². The van der Waals surface area contributed by atoms with Gasteiger partial charge in [0.25, 0.3) is 10.0 Å². The smallest absolute Gasteiger partial charge is 0.307 e. The fraction of sp³-hybridized carbons (Fsp3) is 0.167. The van der Waals surface area contributed by atoms with Gasteiger partial charge in [0.05, 0.1) is 11.9 Å². The van der Waals surface area contributed by atoms with E-state index in [9.17, 15) is 22.7 Å². The van der Waals surface area contributed by atoms with Crippen LogP contribution in [0.1, 0.15) is 22.4 Å². The van der Waals surface area contributed by atoms with Crippen LogP contribution in [0, 0.1) is 26.6 Å². The normalized spacial score (nSPS) is 11.6. The summed E-state index contributed by atoms with van der Waals surface area (Å²) in [5.41, 5.74) is 3.68. The lowest BCUT2D eigenvalue weighted by Gasteiger charge is -2.12. The van der Waals surface area contributed by atoms with Gasteiger partial charge in [-0.05, 0) is 79.9 Å². The molecule has 4 aromatic rings. The molecule has 0 aliphatic rings. The molecule has 0 spiro atoms. The number of hydrogen-bond acceptors (Lipinski definition) is 5. The lowest BCUT2D eigenvalue weighted by Crippen LogP contribution is -2.15. The average Bonchev–Trinajstić information content (AvgIpc) is 2.99. The van der Waals surface area contributed by atoms with Crippen molar-refractivity contribution >= 4 is 38.4 Å². The predicted octanol–water partition coefficient (Wildman–Crippen LogP) is 4.71. The number of halogens is 1. The summed E-state index contributed by atoms with van der Waals surface area (Å²) in [6.45, 7) is 5.47. The number of aliphatic carboxylic acids is 1. The zero-order valence-corrected chi connectivity index (χ0v) is 19.1. The van der Waals surface area contributed by atoms with Crippen molar-refractivity contribution in [3.8, 4) is 0 Å². The Morgan fingerprint density at radius 2 is 1.76 bits per heavy atom. The largest absolute Gasteiger partial charge is 0.481 e. The summed E-state index contributed by atoms with van der Waals surface area (Å²) in [6.07, 6.45) is 0.817. The minimum atomic E-state index is -4.12. The van der Waals surface area contributed by atoms with Gasteiger partial charge < -0.3 is 10.4 Å². The van der Waals surface area contributed by atoms with Crippen LogP contribution >= 0.6 is 0 Å². The third kappa shape index (κ3) is 4.31. The van der Waals surface area contributed by atoms with Gasteiger partial charge in [-0.1, -0.05) is 6.07 Å². The first-order chi connectivity index (χ1) is 15.6. The third-order valence-electron chi connectivity index (χ3n) is 5.34. The molecule has 0 aliphatic heterocycles. The minimum absolute atomic E-state index is 0.0697. The fourth-order valence-electron chi connectivity index (χ4n) is 4.02. The van der Waals surface area contributed by atoms with E-state index in [1.54, 1.807) is 6.07 Å². The zero-order valence-electron chi connectivity index (χ0n) is 18.3. The Kier molecular flexibility index (Phi) is 5.67. The highest BCUT2D eigenvalue weighted by molar-refractivity contribution is 7.90. The maximum Gasteiger partial charge on any atom is 0.307 e. The Morgan fingerprint density at radius 3 is 2.36 bits per heavy atom. The molecule has 0 aliphatic carbocycles. The number of nitrogens with one attached hydrogen (secondary N) is 1. The van der Waals surface area contributed by atoms with Crippen molar-refractivity contribution in [3.05, 3.63) is 82.9 Å². The van der Waals surface area contributed by atoms with Crippen LogP contribution in [-0.4, -0.2) is 28.5 Å². The number of anilines is 2. The first-order valence-corrected chi connectivity index (χ1v) is 11.6. The summed E-state index contributed by atoms with van der Waals surface area (Å²) in [5, 5.41) is 12.7. The Morgan fingerprint density at radius 1 is 1.06 bits per heavy atom. The van der Waals surface area contributed by atoms with Gasteiger partial charge in [-0.2, -0.15) is 0 Å². The summed E-state index contributed by atoms with van der Waals surface area (Å²) >= 11 is 0. The van der Waals surface area contributed by atoms with Crippen molar-refractivity contribution in [2.45, 2.75) is 32.1 Å². The number of nitrogens with zero attached hydrogens (tertiary/aromatic N) is 2. The molecule has 2 aromatic carbocycles. The number of fused-ring (bicyclic) bond motifs is 1. The molecule has 0 saturated carbocycles. The molecule has 4 rings (SSSR count). The first-order valence-electron chi connectivity index (χ1n) is 10.1. The molecule has 2 N–H and O–H groups in total. The van der Waals surface area contributed by atoms with Gasteiger partial charge in [-0.15, -0.1) is 0 Å². The Labute approximate surface area is 190 Å². The highest BCUT2D eigenvalue weighted by atomic mass is 32.2. The monoisotopic (exact) mass is 467 g/mol. The second kappa shape index (κ2) is 8.32. The summed E-state index contributed by atoms with van der Waals surface area (Å²) in [5.74, 6) is -1.24. The lowest BCUT2D eigenvalue weighted by atomic mass is 10.1. The number of carboxylic acids is 1. The Bertz CT molecular complexity index is 1470. The molecule has 0 fully saturated rings. The van der Waals surface area contributed by atoms with Gasteiger partial charge in [0.15, 0.2) is 0 Å². The first kappa shape index (κ1) is 22.5. The molecule has 0 saturated heterocycles. The number of carboxylic acid groups (broad SMARTS) is 1. The summed E-state index contributed by atoms with van der Waals surface area (Å²) in [7, 11) is -4.12. The van der Waals surface area contributed by atoms with Gasteiger partial charge in [-0.25, -0.2) is 21.8 Å². The van der Waals surface area contributed by atoms with Crippen LogP contribution in [0.4, 0.5) is 15.9 Å². The quantitative estimate of drug-likeness (QED) is 0.426. The van der Waals surface area contributed by atoms with Crippen LogP contribution in [0.3, 0.4) is 0 Å². The van der Waals surface area contributed by atoms with E-state index in [-0.39, 0.29) is 27.1 Å². The van der Waals surface area contributed by atoms with Crippen molar-refractivity contribution in [1.82, 2.24) is 8.96 Å². The third-order valence-corrected chi connectivity index (χ3v) is 7.13. The highest BCUT2D eigenvalue weighted by Crippen LogP contribution is 2.31. The maximum absolute atomic E-state index is 13.9. The van der Waals surface area contributed by atoms with E-state index in [0.717, 1.165) is 32.9 Å². The molecule has 170 valence electrons. The molecule has 0 atom stereocenters. The summed E-state index contributed by atoms with van der Waals surface area (Å²) < 4.78 is 41.9. The topological polar surface area (TPSA) is 101 Å². The average molecular weight is 468 g/mol. The van der Waals surface area contributed by atoms with Crippen LogP contribution in [0.15, 0.2) is 59.6 Å². The summed E-state index contributed by atoms with van der Waals surface area (Å²) in [4.78, 5) is 15.5. The van der Waals surface area contributed by atoms with Crippen molar-refractivity contribution in [1.29, 1.82) is 0 Å². The van der Waals surface area contributed by atoms with Crippen LogP contribution in [-0.2, 0) is 21.2 Å². The number of rotatable bonds is 6. The molecular weight excluding hydrogens is 445 g/mol. The molecule has 2 heterocycles. The number of aryl methyl sites for hydroxylation is 2. The SMILES string of the molecule is Cc1cc(C)cc(Nc2ccc(S(=O)(=O)n3c(C)c(CC(=O)O)c4cc(F)ccc43)cn2)c1. The van der Waals surface area contributed by atoms with E-state index in [0.29, 0.717) is 5.82 Å². The molecule has 9 heteroatoms. The van der Waals surface area contributed by atoms with Crippen LogP contribution < -0.4 is 5.32 Å². The second-order valence-electron chi connectivity index (χ2n) is 7.95. The van der Waals surface area contributed by atoms with E-state index < -0.39 is 28.2 Å². The fourth-order valence-corrected chi connectivity index (χ4v) is 5.54. The van der Waals surface area contributed by atoms with E-state index in [1.807, 2.05) is 32.0 Å². The molecule has 33 heavy (non-hydrogen) atoms. The number of pyridine rings is 1. The Balaban J connectivity index is 1.75. The number of aromatic nitrogens is 2. The standard InChI is InChI=1S/C24H22FN3O4S/c1-14-8-15(2)10-18(9-14)27-23-7-5-19(13-26-23)33(31,32)28-16(3)20(12-24(29)30)21-11-17(25)4-6-22(21)28/h4-11,13H,12H2,1-3H3,(H,26,27)(H,29,30). The van der Waals surface area contributed by atoms with Gasteiger partial charge in [0.1, 0.15) is 16.5 Å². The highest BCUT2D eigenvalue weighted by Gasteiger charge is 2.26. The molecule has 2 aromatic heterocycles. The van der Waals surface area contributed by atoms with Crippen molar-refractivity contribution in [2.75, 3.05) is 5.32 Å². The van der Waals surface area contributed by atoms with Crippen LogP contribution in [0.2, 0.25) is 0 Å². The molecular formula is C24H22FN3O4S. The molecule has 0 unspecified atom stereocenters. The molecule has 7 nitrogen and oxygen atoms in total. The molecule has 0 radical (unpaired) electrons. The second-order valence-corrected chi connectivity index (χ2v) is 9.73. The number of carbonyl (C=O) groups is 1. The van der Waals surface area contributed by atoms with E-state index in [4.69, 9.17) is 0 Å². The van der Waals surface area contributed by atoms with Crippen molar-refractivity contribution in [3.63, 3.8) is 0 Å². The van der Waals surface area contributed by atoms with Crippen LogP contribution in [0.25, 0.3) is 10.9 Å². The van der Waals surface area contributed by atoms with Crippen LogP contribution in [0.5, 0.6) is 0 Å². The van der Waals surface area contributed by atoms with E-state index in [2.05, 4.69) is 10.3 Å². The zero-order chi connectivity index (χ0) is 23.9. The van der Waals surface area contributed by atoms with E-state index in [1.165, 1.54) is 25.3 Å². The molecule has 0 amide bonds. The Hall–Kier alpha value is -3.72. The predicted molar refractivity (Wildman–Crippen MR) is 124 cm³/mol. The lowest BCUT2D eigenvalue weighted by molar-refractivity contribution is -0.136. The summed E-state index contributed by atoms with van der Waals surface area (Å²) in [6, 6.07) is 12.6. The number of benzene rings is 2. The van der Waals surface area contributed by atoms with Gasteiger partial charge >= 0.3 is 5.97 Å². The molecule has 0 bridgehead atoms. The minimum Gasteiger partial charge on any atom is -0.481 e.